The number of rotatable bonds is 9. The van der Waals surface area contributed by atoms with Gasteiger partial charge in [0.2, 0.25) is 17.8 Å². The van der Waals surface area contributed by atoms with Crippen molar-refractivity contribution in [3.8, 4) is 6.07 Å². The van der Waals surface area contributed by atoms with Crippen molar-refractivity contribution >= 4 is 50.8 Å². The Kier molecular flexibility index (Phi) is 9.50. The molecule has 1 saturated carbocycles. The molecule has 15 heteroatoms. The average Bonchev–Trinajstić information content (AvgIpc) is 3.34. The van der Waals surface area contributed by atoms with Crippen LogP contribution in [0.2, 0.25) is 0 Å². The van der Waals surface area contributed by atoms with Crippen LogP contribution in [0.1, 0.15) is 45.2 Å². The summed E-state index contributed by atoms with van der Waals surface area (Å²) >= 11 is 6.45. The second kappa shape index (κ2) is 12.8. The number of nitriles is 1. The van der Waals surface area contributed by atoms with E-state index in [1.807, 2.05) is 6.07 Å². The highest BCUT2D eigenvalue weighted by molar-refractivity contribution is 7.90. The number of sulfone groups is 1. The number of halogens is 3. The lowest BCUT2D eigenvalue weighted by atomic mass is 9.87. The third kappa shape index (κ3) is 6.95. The lowest BCUT2D eigenvalue weighted by molar-refractivity contribution is -0.132. The van der Waals surface area contributed by atoms with Crippen molar-refractivity contribution in [2.75, 3.05) is 16.1 Å². The monoisotopic (exact) mass is 646 g/mol. The predicted octanol–water partition coefficient (Wildman–Crippen LogP) is 3.65. The van der Waals surface area contributed by atoms with Gasteiger partial charge in [-0.2, -0.15) is 5.26 Å². The van der Waals surface area contributed by atoms with Crippen molar-refractivity contribution < 1.29 is 31.6 Å². The van der Waals surface area contributed by atoms with E-state index in [-0.39, 0.29) is 45.7 Å². The van der Waals surface area contributed by atoms with E-state index in [1.54, 1.807) is 13.0 Å². The minimum Gasteiger partial charge on any atom is -0.351 e. The highest BCUT2D eigenvalue weighted by Gasteiger charge is 2.49. The first-order chi connectivity index (χ1) is 20.7. The van der Waals surface area contributed by atoms with Crippen LogP contribution in [0, 0.1) is 11.3 Å². The predicted molar refractivity (Wildman–Crippen MR) is 158 cm³/mol. The van der Waals surface area contributed by atoms with E-state index in [1.165, 1.54) is 49.5 Å². The van der Waals surface area contributed by atoms with Crippen LogP contribution in [0.15, 0.2) is 64.2 Å². The smallest absolute Gasteiger partial charge is 0.252 e. The number of allylic oxidation sites excluding steroid dienone is 2. The molecule has 0 spiro atoms. The van der Waals surface area contributed by atoms with Gasteiger partial charge in [-0.3, -0.25) is 24.2 Å². The van der Waals surface area contributed by atoms with E-state index in [4.69, 9.17) is 11.6 Å². The second-order valence-corrected chi connectivity index (χ2v) is 13.1. The summed E-state index contributed by atoms with van der Waals surface area (Å²) in [5.74, 6) is -5.31. The first-order valence-corrected chi connectivity index (χ1v) is 15.8. The van der Waals surface area contributed by atoms with Crippen molar-refractivity contribution in [2.24, 2.45) is 0 Å². The molecule has 2 aliphatic rings. The zero-order valence-corrected chi connectivity index (χ0v) is 25.6. The Balaban J connectivity index is 1.90. The van der Waals surface area contributed by atoms with Gasteiger partial charge in [0, 0.05) is 48.5 Å². The number of amides is 3. The Morgan fingerprint density at radius 2 is 2.00 bits per heavy atom. The highest BCUT2D eigenvalue weighted by atomic mass is 35.5. The van der Waals surface area contributed by atoms with Crippen LogP contribution >= 0.6 is 11.6 Å². The summed E-state index contributed by atoms with van der Waals surface area (Å²) in [5.41, 5.74) is 0.0571. The Morgan fingerprint density at radius 1 is 1.30 bits per heavy atom. The Hall–Kier alpha value is -4.22. The minimum absolute atomic E-state index is 0.0220. The zero-order chi connectivity index (χ0) is 32.4. The van der Waals surface area contributed by atoms with Crippen molar-refractivity contribution in [1.82, 2.24) is 15.3 Å². The molecule has 1 aromatic carbocycles. The number of benzene rings is 1. The van der Waals surface area contributed by atoms with Crippen molar-refractivity contribution in [3.05, 3.63) is 65.0 Å². The molecule has 44 heavy (non-hydrogen) atoms. The summed E-state index contributed by atoms with van der Waals surface area (Å²) in [6.07, 6.45) is 3.99. The molecule has 1 aliphatic heterocycles. The van der Waals surface area contributed by atoms with Crippen molar-refractivity contribution in [1.29, 1.82) is 5.26 Å². The molecule has 2 fully saturated rings. The fourth-order valence-electron chi connectivity index (χ4n) is 5.14. The summed E-state index contributed by atoms with van der Waals surface area (Å²) < 4.78 is 52.3. The van der Waals surface area contributed by atoms with Gasteiger partial charge in [-0.05, 0) is 50.1 Å². The standard InChI is InChI=1S/C29H29ClF2N6O5S/c1-4-6-22(17(2)30)25(26(40)35-19-14-29(31,32)15-19)37(20-7-5-8-21(13-20)44(3,42)43)27(41)23-9-10-24(39)38(23)28-34-12-11-18(16-33)36-28/h4-8,11-13,19,23,25H,9-10,14-15H2,1-3H3,(H,35,40)/b6-4-,22-17-/t23?,25-/m0/s1. The summed E-state index contributed by atoms with van der Waals surface area (Å²) in [7, 11) is -3.78. The zero-order valence-electron chi connectivity index (χ0n) is 24.0. The maximum absolute atomic E-state index is 14.6. The van der Waals surface area contributed by atoms with Gasteiger partial charge < -0.3 is 5.32 Å². The van der Waals surface area contributed by atoms with Crippen molar-refractivity contribution in [3.63, 3.8) is 0 Å². The van der Waals surface area contributed by atoms with E-state index < -0.39 is 64.4 Å². The van der Waals surface area contributed by atoms with Gasteiger partial charge in [0.1, 0.15) is 23.8 Å². The lowest BCUT2D eigenvalue weighted by Crippen LogP contribution is -2.59. The van der Waals surface area contributed by atoms with Gasteiger partial charge in [0.15, 0.2) is 9.84 Å². The number of carbonyl (C=O) groups excluding carboxylic acids is 3. The fourth-order valence-corrected chi connectivity index (χ4v) is 5.97. The van der Waals surface area contributed by atoms with Gasteiger partial charge in [0.25, 0.3) is 11.8 Å². The van der Waals surface area contributed by atoms with Gasteiger partial charge in [0.05, 0.1) is 4.90 Å². The SMILES string of the molecule is C/C=C\C(=C(/C)Cl)[C@@H](C(=O)NC1CC(F)(F)C1)N(C(=O)C1CCC(=O)N1c1nccc(C#N)n1)c1cccc(S(C)(=O)=O)c1. The first kappa shape index (κ1) is 32.7. The number of alkyl halides is 2. The van der Waals surface area contributed by atoms with E-state index in [0.29, 0.717) is 0 Å². The minimum atomic E-state index is -3.78. The molecular weight excluding hydrogens is 618 g/mol. The quantitative estimate of drug-likeness (QED) is 0.405. The molecule has 3 amide bonds. The third-order valence-corrected chi connectivity index (χ3v) is 8.54. The number of carbonyl (C=O) groups is 3. The number of hydrogen-bond acceptors (Lipinski definition) is 8. The van der Waals surface area contributed by atoms with Crippen LogP contribution in [0.25, 0.3) is 0 Å². The molecule has 4 rings (SSSR count). The molecular formula is C29H29ClF2N6O5S. The third-order valence-electron chi connectivity index (χ3n) is 7.21. The second-order valence-electron chi connectivity index (χ2n) is 10.5. The van der Waals surface area contributed by atoms with E-state index in [9.17, 15) is 36.8 Å². The van der Waals surface area contributed by atoms with Crippen LogP contribution in [0.3, 0.4) is 0 Å². The van der Waals surface area contributed by atoms with Crippen LogP contribution in [0.5, 0.6) is 0 Å². The number of anilines is 2. The number of nitrogens with zero attached hydrogens (tertiary/aromatic N) is 5. The number of aromatic nitrogens is 2. The van der Waals surface area contributed by atoms with Gasteiger partial charge in [-0.25, -0.2) is 27.2 Å². The molecule has 2 aromatic rings. The fraction of sp³-hybridized carbons (Fsp3) is 0.379. The first-order valence-electron chi connectivity index (χ1n) is 13.5. The molecule has 0 bridgehead atoms. The molecule has 0 radical (unpaired) electrons. The summed E-state index contributed by atoms with van der Waals surface area (Å²) in [5, 5.41) is 12.0. The summed E-state index contributed by atoms with van der Waals surface area (Å²) in [6.45, 7) is 3.13. The van der Waals surface area contributed by atoms with E-state index in [0.717, 1.165) is 16.1 Å². The van der Waals surface area contributed by atoms with Gasteiger partial charge >= 0.3 is 0 Å². The van der Waals surface area contributed by atoms with Gasteiger partial charge in [-0.15, -0.1) is 0 Å². The molecule has 232 valence electrons. The topological polar surface area (TPSA) is 153 Å². The molecule has 1 aromatic heterocycles. The number of hydrogen-bond donors (Lipinski definition) is 1. The average molecular weight is 647 g/mol. The van der Waals surface area contributed by atoms with Crippen LogP contribution in [-0.4, -0.2) is 66.4 Å². The van der Waals surface area contributed by atoms with Crippen LogP contribution in [-0.2, 0) is 24.2 Å². The highest BCUT2D eigenvalue weighted by Crippen LogP contribution is 2.38. The van der Waals surface area contributed by atoms with Crippen molar-refractivity contribution in [2.45, 2.75) is 68.5 Å². The Labute approximate surface area is 258 Å². The number of nitrogens with one attached hydrogen (secondary N) is 1. The normalized spacial score (nSPS) is 19.6. The largest absolute Gasteiger partial charge is 0.351 e. The van der Waals surface area contributed by atoms with Gasteiger partial charge in [-0.1, -0.05) is 29.8 Å². The molecule has 11 nitrogen and oxygen atoms in total. The molecule has 1 unspecified atom stereocenters. The molecule has 1 aliphatic carbocycles. The molecule has 1 N–H and O–H groups in total. The maximum Gasteiger partial charge on any atom is 0.252 e. The van der Waals surface area contributed by atoms with E-state index >= 15 is 0 Å². The molecule has 1 saturated heterocycles. The lowest BCUT2D eigenvalue weighted by Gasteiger charge is -2.39. The molecule has 2 atom stereocenters. The Morgan fingerprint density at radius 3 is 2.59 bits per heavy atom. The summed E-state index contributed by atoms with van der Waals surface area (Å²) in [4.78, 5) is 51.7. The Bertz CT molecular complexity index is 1700. The van der Waals surface area contributed by atoms with E-state index in [2.05, 4.69) is 15.3 Å². The maximum atomic E-state index is 14.6. The van der Waals surface area contributed by atoms with Crippen LogP contribution < -0.4 is 15.1 Å². The van der Waals surface area contributed by atoms with Crippen LogP contribution in [0.4, 0.5) is 20.4 Å². The molecule has 2 heterocycles. The summed E-state index contributed by atoms with van der Waals surface area (Å²) in [6, 6.07) is 4.77.